The standard InChI is InChI=1S/C30H26N2O5/c1-20-14-25(16-28(33)31(20)17-21-8-7-11-24(15-21)36-2)37-19-23-10-4-3-9-22(23)18-32-29(34)26-12-5-6-13-27(26)30(32)35/h3-16H,17-19H2,1-2H3. The maximum atomic E-state index is 12.9. The van der Waals surface area contributed by atoms with E-state index in [1.807, 2.05) is 61.5 Å². The Hall–Kier alpha value is -4.65. The molecular formula is C30H26N2O5. The third-order valence-corrected chi connectivity index (χ3v) is 6.50. The van der Waals surface area contributed by atoms with Crippen molar-refractivity contribution in [3.63, 3.8) is 0 Å². The zero-order chi connectivity index (χ0) is 25.9. The summed E-state index contributed by atoms with van der Waals surface area (Å²) in [7, 11) is 1.61. The molecule has 0 aliphatic carbocycles. The van der Waals surface area contributed by atoms with Crippen molar-refractivity contribution in [2.75, 3.05) is 7.11 Å². The van der Waals surface area contributed by atoms with Gasteiger partial charge < -0.3 is 14.0 Å². The van der Waals surface area contributed by atoms with Crippen LogP contribution in [0.5, 0.6) is 11.5 Å². The first-order valence-corrected chi connectivity index (χ1v) is 11.9. The first-order chi connectivity index (χ1) is 17.9. The van der Waals surface area contributed by atoms with Gasteiger partial charge in [-0.05, 0) is 53.9 Å². The highest BCUT2D eigenvalue weighted by atomic mass is 16.5. The molecule has 2 heterocycles. The second kappa shape index (κ2) is 10.1. The van der Waals surface area contributed by atoms with Crippen molar-refractivity contribution in [1.82, 2.24) is 9.47 Å². The van der Waals surface area contributed by atoms with Gasteiger partial charge in [0, 0.05) is 11.8 Å². The molecule has 4 aromatic rings. The molecular weight excluding hydrogens is 468 g/mol. The molecule has 186 valence electrons. The summed E-state index contributed by atoms with van der Waals surface area (Å²) >= 11 is 0. The van der Waals surface area contributed by atoms with E-state index < -0.39 is 0 Å². The molecule has 0 fully saturated rings. The van der Waals surface area contributed by atoms with E-state index in [1.165, 1.54) is 11.0 Å². The SMILES string of the molecule is COc1cccc(Cn2c(C)cc(OCc3ccccc3CN3C(=O)c4ccccc4C3=O)cc2=O)c1. The Balaban J connectivity index is 1.31. The van der Waals surface area contributed by atoms with Crippen molar-refractivity contribution in [3.8, 4) is 11.5 Å². The molecule has 0 saturated carbocycles. The smallest absolute Gasteiger partial charge is 0.261 e. The Morgan fingerprint density at radius 3 is 2.05 bits per heavy atom. The zero-order valence-corrected chi connectivity index (χ0v) is 20.6. The number of aryl methyl sites for hydroxylation is 1. The molecule has 0 atom stereocenters. The second-order valence-electron chi connectivity index (χ2n) is 8.91. The van der Waals surface area contributed by atoms with Gasteiger partial charge in [-0.3, -0.25) is 19.3 Å². The Labute approximate surface area is 214 Å². The predicted octanol–water partition coefficient (Wildman–Crippen LogP) is 4.59. The van der Waals surface area contributed by atoms with Crippen LogP contribution in [-0.2, 0) is 19.7 Å². The van der Waals surface area contributed by atoms with Crippen molar-refractivity contribution < 1.29 is 19.1 Å². The number of fused-ring (bicyclic) bond motifs is 1. The third kappa shape index (κ3) is 4.89. The van der Waals surface area contributed by atoms with E-state index in [2.05, 4.69) is 0 Å². The number of amides is 2. The van der Waals surface area contributed by atoms with Crippen molar-refractivity contribution in [2.45, 2.75) is 26.6 Å². The zero-order valence-electron chi connectivity index (χ0n) is 20.6. The highest BCUT2D eigenvalue weighted by molar-refractivity contribution is 6.21. The van der Waals surface area contributed by atoms with Gasteiger partial charge in [0.1, 0.15) is 18.1 Å². The van der Waals surface area contributed by atoms with Crippen LogP contribution in [-0.4, -0.2) is 28.4 Å². The van der Waals surface area contributed by atoms with Gasteiger partial charge in [-0.25, -0.2) is 0 Å². The van der Waals surface area contributed by atoms with Crippen LogP contribution in [0.25, 0.3) is 0 Å². The van der Waals surface area contributed by atoms with Gasteiger partial charge in [0.15, 0.2) is 0 Å². The number of carbonyl (C=O) groups is 2. The molecule has 0 bridgehead atoms. The first-order valence-electron chi connectivity index (χ1n) is 11.9. The number of benzene rings is 3. The topological polar surface area (TPSA) is 77.8 Å². The molecule has 0 radical (unpaired) electrons. The summed E-state index contributed by atoms with van der Waals surface area (Å²) in [6.45, 7) is 2.63. The number of aromatic nitrogens is 1. The van der Waals surface area contributed by atoms with Crippen molar-refractivity contribution in [1.29, 1.82) is 0 Å². The molecule has 0 unspecified atom stereocenters. The number of pyridine rings is 1. The maximum absolute atomic E-state index is 12.9. The Bertz CT molecular complexity index is 1520. The van der Waals surface area contributed by atoms with E-state index in [-0.39, 0.29) is 30.5 Å². The Morgan fingerprint density at radius 1 is 0.703 bits per heavy atom. The molecule has 7 heteroatoms. The van der Waals surface area contributed by atoms with Gasteiger partial charge in [0.2, 0.25) is 0 Å². The minimum absolute atomic E-state index is 0.146. The lowest BCUT2D eigenvalue weighted by Crippen LogP contribution is -2.29. The molecule has 37 heavy (non-hydrogen) atoms. The van der Waals surface area contributed by atoms with Gasteiger partial charge in [0.25, 0.3) is 17.4 Å². The van der Waals surface area contributed by atoms with Gasteiger partial charge in [-0.1, -0.05) is 48.5 Å². The number of rotatable bonds is 8. The molecule has 0 spiro atoms. The van der Waals surface area contributed by atoms with Crippen LogP contribution in [0.1, 0.15) is 43.1 Å². The molecule has 1 aromatic heterocycles. The number of carbonyl (C=O) groups excluding carboxylic acids is 2. The van der Waals surface area contributed by atoms with Crippen LogP contribution >= 0.6 is 0 Å². The molecule has 5 rings (SSSR count). The summed E-state index contributed by atoms with van der Waals surface area (Å²) in [5.74, 6) is 0.598. The number of imide groups is 1. The van der Waals surface area contributed by atoms with Crippen LogP contribution in [0.4, 0.5) is 0 Å². The average molecular weight is 495 g/mol. The third-order valence-electron chi connectivity index (χ3n) is 6.50. The largest absolute Gasteiger partial charge is 0.497 e. The highest BCUT2D eigenvalue weighted by Crippen LogP contribution is 2.26. The number of ether oxygens (including phenoxy) is 2. The van der Waals surface area contributed by atoms with Crippen LogP contribution in [0.2, 0.25) is 0 Å². The fraction of sp³-hybridized carbons (Fsp3) is 0.167. The first kappa shape index (κ1) is 24.1. The summed E-state index contributed by atoms with van der Waals surface area (Å²) in [4.78, 5) is 39.7. The van der Waals surface area contributed by atoms with Crippen LogP contribution in [0, 0.1) is 6.92 Å². The van der Waals surface area contributed by atoms with Crippen molar-refractivity contribution in [3.05, 3.63) is 129 Å². The summed E-state index contributed by atoms with van der Waals surface area (Å²) in [5, 5.41) is 0. The van der Waals surface area contributed by atoms with E-state index in [0.717, 1.165) is 28.1 Å². The van der Waals surface area contributed by atoms with Crippen LogP contribution < -0.4 is 15.0 Å². The van der Waals surface area contributed by atoms with Gasteiger partial charge in [0.05, 0.1) is 31.3 Å². The molecule has 2 amide bonds. The quantitative estimate of drug-likeness (QED) is 0.335. The van der Waals surface area contributed by atoms with E-state index in [1.54, 1.807) is 35.9 Å². The van der Waals surface area contributed by atoms with E-state index in [0.29, 0.717) is 23.4 Å². The lowest BCUT2D eigenvalue weighted by molar-refractivity contribution is 0.0641. The molecule has 1 aliphatic heterocycles. The van der Waals surface area contributed by atoms with Crippen molar-refractivity contribution in [2.24, 2.45) is 0 Å². The maximum Gasteiger partial charge on any atom is 0.261 e. The Kier molecular flexibility index (Phi) is 6.60. The average Bonchev–Trinajstić information content (AvgIpc) is 3.15. The molecule has 7 nitrogen and oxygen atoms in total. The molecule has 1 aliphatic rings. The van der Waals surface area contributed by atoms with Crippen molar-refractivity contribution >= 4 is 11.8 Å². The number of hydrogen-bond acceptors (Lipinski definition) is 5. The van der Waals surface area contributed by atoms with Gasteiger partial charge in [-0.15, -0.1) is 0 Å². The summed E-state index contributed by atoms with van der Waals surface area (Å²) < 4.78 is 13.0. The lowest BCUT2D eigenvalue weighted by Gasteiger charge is -2.17. The minimum atomic E-state index is -0.299. The fourth-order valence-corrected chi connectivity index (χ4v) is 4.50. The summed E-state index contributed by atoms with van der Waals surface area (Å²) in [6, 6.07) is 25.3. The van der Waals surface area contributed by atoms with Gasteiger partial charge in [-0.2, -0.15) is 0 Å². The normalized spacial score (nSPS) is 12.5. The fourth-order valence-electron chi connectivity index (χ4n) is 4.50. The monoisotopic (exact) mass is 494 g/mol. The number of nitrogens with zero attached hydrogens (tertiary/aromatic N) is 2. The van der Waals surface area contributed by atoms with Crippen LogP contribution in [0.3, 0.4) is 0 Å². The second-order valence-corrected chi connectivity index (χ2v) is 8.91. The van der Waals surface area contributed by atoms with E-state index in [4.69, 9.17) is 9.47 Å². The molecule has 3 aromatic carbocycles. The molecule has 0 N–H and O–H groups in total. The lowest BCUT2D eigenvalue weighted by atomic mass is 10.1. The predicted molar refractivity (Wildman–Crippen MR) is 139 cm³/mol. The summed E-state index contributed by atoms with van der Waals surface area (Å²) in [5.41, 5.74) is 4.04. The number of methoxy groups -OCH3 is 1. The Morgan fingerprint density at radius 2 is 1.38 bits per heavy atom. The van der Waals surface area contributed by atoms with Gasteiger partial charge >= 0.3 is 0 Å². The number of hydrogen-bond donors (Lipinski definition) is 0. The minimum Gasteiger partial charge on any atom is -0.497 e. The molecule has 0 saturated heterocycles. The summed E-state index contributed by atoms with van der Waals surface area (Å²) in [6.07, 6.45) is 0. The van der Waals surface area contributed by atoms with E-state index >= 15 is 0 Å². The highest BCUT2D eigenvalue weighted by Gasteiger charge is 2.35. The van der Waals surface area contributed by atoms with Crippen LogP contribution in [0.15, 0.2) is 89.7 Å². The van der Waals surface area contributed by atoms with E-state index in [9.17, 15) is 14.4 Å².